The molecule has 98 valence electrons. The van der Waals surface area contributed by atoms with Crippen LogP contribution in [0.25, 0.3) is 11.0 Å². The Balaban J connectivity index is 2.69. The fourth-order valence-corrected chi connectivity index (χ4v) is 1.61. The number of methoxy groups -OCH3 is 1. The largest absolute Gasteiger partial charge is 0.465 e. The second kappa shape index (κ2) is 4.93. The van der Waals surface area contributed by atoms with Crippen molar-refractivity contribution < 1.29 is 23.5 Å². The molecule has 0 N–H and O–H groups in total. The molecule has 2 rings (SSSR count). The summed E-state index contributed by atoms with van der Waals surface area (Å²) in [6.45, 7) is 1.20. The average Bonchev–Trinajstić information content (AvgIpc) is 2.36. The highest BCUT2D eigenvalue weighted by molar-refractivity contribution is 5.98. The lowest BCUT2D eigenvalue weighted by atomic mass is 10.1. The van der Waals surface area contributed by atoms with E-state index in [9.17, 15) is 14.4 Å². The summed E-state index contributed by atoms with van der Waals surface area (Å²) in [5.74, 6) is -1.26. The van der Waals surface area contributed by atoms with Gasteiger partial charge < -0.3 is 13.9 Å². The molecule has 0 aliphatic rings. The van der Waals surface area contributed by atoms with E-state index in [0.717, 1.165) is 0 Å². The van der Waals surface area contributed by atoms with E-state index in [0.29, 0.717) is 5.39 Å². The molecule has 0 saturated heterocycles. The molecule has 2 aromatic rings. The second-order valence-corrected chi connectivity index (χ2v) is 3.73. The molecular formula is C13H10O6. The Kier molecular flexibility index (Phi) is 3.33. The first-order chi connectivity index (χ1) is 9.01. The van der Waals surface area contributed by atoms with Crippen LogP contribution in [0.3, 0.4) is 0 Å². The molecule has 0 spiro atoms. The molecule has 0 aliphatic heterocycles. The van der Waals surface area contributed by atoms with Crippen LogP contribution in [0.1, 0.15) is 17.3 Å². The van der Waals surface area contributed by atoms with Crippen LogP contribution >= 0.6 is 0 Å². The zero-order chi connectivity index (χ0) is 14.0. The third-order valence-electron chi connectivity index (χ3n) is 2.38. The first-order valence-corrected chi connectivity index (χ1v) is 5.36. The van der Waals surface area contributed by atoms with Crippen LogP contribution in [0.4, 0.5) is 0 Å². The van der Waals surface area contributed by atoms with E-state index in [1.165, 1.54) is 38.3 Å². The quantitative estimate of drug-likeness (QED) is 0.463. The Bertz CT molecular complexity index is 713. The van der Waals surface area contributed by atoms with Crippen LogP contribution in [0.2, 0.25) is 0 Å². The van der Waals surface area contributed by atoms with Gasteiger partial charge in [0.25, 0.3) is 0 Å². The van der Waals surface area contributed by atoms with Crippen molar-refractivity contribution in [2.45, 2.75) is 6.92 Å². The van der Waals surface area contributed by atoms with E-state index in [1.807, 2.05) is 0 Å². The number of ether oxygens (including phenoxy) is 2. The minimum Gasteiger partial charge on any atom is -0.465 e. The number of fused-ring (bicyclic) bond motifs is 1. The summed E-state index contributed by atoms with van der Waals surface area (Å²) in [4.78, 5) is 33.8. The number of esters is 2. The van der Waals surface area contributed by atoms with Gasteiger partial charge in [0.1, 0.15) is 16.9 Å². The number of carbonyl (C=O) groups is 2. The van der Waals surface area contributed by atoms with Gasteiger partial charge in [0.05, 0.1) is 7.11 Å². The fraction of sp³-hybridized carbons (Fsp3) is 0.154. The van der Waals surface area contributed by atoms with Gasteiger partial charge in [-0.05, 0) is 12.1 Å². The summed E-state index contributed by atoms with van der Waals surface area (Å²) in [7, 11) is 1.22. The van der Waals surface area contributed by atoms with E-state index in [1.54, 1.807) is 0 Å². The van der Waals surface area contributed by atoms with Crippen molar-refractivity contribution in [2.24, 2.45) is 0 Å². The smallest absolute Gasteiger partial charge is 0.341 e. The number of benzene rings is 1. The lowest BCUT2D eigenvalue weighted by Gasteiger charge is -2.08. The summed E-state index contributed by atoms with van der Waals surface area (Å²) in [5, 5.41) is 0.524. The van der Waals surface area contributed by atoms with E-state index in [2.05, 4.69) is 4.74 Å². The van der Waals surface area contributed by atoms with Crippen LogP contribution in [-0.2, 0) is 9.53 Å². The third-order valence-corrected chi connectivity index (χ3v) is 2.38. The minimum atomic E-state index is -0.649. The standard InChI is InChI=1S/C13H10O6/c1-7(14)18-11-6-10-8(3-4-12(15)19-10)5-9(11)13(16)17-2/h3-6H,1-2H3. The van der Waals surface area contributed by atoms with Crippen LogP contribution in [0.15, 0.2) is 33.5 Å². The predicted molar refractivity (Wildman–Crippen MR) is 65.1 cm³/mol. The zero-order valence-corrected chi connectivity index (χ0v) is 10.3. The van der Waals surface area contributed by atoms with Gasteiger partial charge in [0, 0.05) is 24.4 Å². The topological polar surface area (TPSA) is 82.8 Å². The molecule has 6 heteroatoms. The first kappa shape index (κ1) is 12.8. The molecule has 6 nitrogen and oxygen atoms in total. The molecule has 0 fully saturated rings. The van der Waals surface area contributed by atoms with Gasteiger partial charge >= 0.3 is 17.6 Å². The number of hydrogen-bond donors (Lipinski definition) is 0. The minimum absolute atomic E-state index is 0.0128. The highest BCUT2D eigenvalue weighted by Gasteiger charge is 2.17. The van der Waals surface area contributed by atoms with Gasteiger partial charge in [-0.2, -0.15) is 0 Å². The van der Waals surface area contributed by atoms with Gasteiger partial charge in [-0.15, -0.1) is 0 Å². The van der Waals surface area contributed by atoms with Gasteiger partial charge in [0.15, 0.2) is 0 Å². The van der Waals surface area contributed by atoms with E-state index < -0.39 is 17.6 Å². The summed E-state index contributed by atoms with van der Waals surface area (Å²) in [6.07, 6.45) is 0. The Morgan fingerprint density at radius 2 is 1.95 bits per heavy atom. The third kappa shape index (κ3) is 2.62. The summed E-state index contributed by atoms with van der Waals surface area (Å²) in [5.41, 5.74) is -0.234. The average molecular weight is 262 g/mol. The van der Waals surface area contributed by atoms with Crippen molar-refractivity contribution in [3.63, 3.8) is 0 Å². The van der Waals surface area contributed by atoms with Gasteiger partial charge in [-0.25, -0.2) is 9.59 Å². The van der Waals surface area contributed by atoms with Crippen LogP contribution < -0.4 is 10.4 Å². The SMILES string of the molecule is COC(=O)c1cc2ccc(=O)oc2cc1OC(C)=O. The van der Waals surface area contributed by atoms with Crippen molar-refractivity contribution in [3.8, 4) is 5.75 Å². The van der Waals surface area contributed by atoms with E-state index in [-0.39, 0.29) is 16.9 Å². The van der Waals surface area contributed by atoms with Gasteiger partial charge in [0.2, 0.25) is 0 Å². The summed E-state index contributed by atoms with van der Waals surface area (Å²) >= 11 is 0. The molecule has 1 aromatic carbocycles. The molecule has 0 aliphatic carbocycles. The highest BCUT2D eigenvalue weighted by atomic mass is 16.5. The molecular weight excluding hydrogens is 252 g/mol. The molecule has 0 atom stereocenters. The molecule has 19 heavy (non-hydrogen) atoms. The number of hydrogen-bond acceptors (Lipinski definition) is 6. The zero-order valence-electron chi connectivity index (χ0n) is 10.3. The second-order valence-electron chi connectivity index (χ2n) is 3.73. The normalized spacial score (nSPS) is 10.2. The molecule has 0 saturated carbocycles. The van der Waals surface area contributed by atoms with Crippen molar-refractivity contribution >= 4 is 22.9 Å². The van der Waals surface area contributed by atoms with Gasteiger partial charge in [-0.1, -0.05) is 0 Å². The number of carbonyl (C=O) groups excluding carboxylic acids is 2. The Morgan fingerprint density at radius 3 is 2.58 bits per heavy atom. The lowest BCUT2D eigenvalue weighted by Crippen LogP contribution is -2.09. The monoisotopic (exact) mass is 262 g/mol. The fourth-order valence-electron chi connectivity index (χ4n) is 1.61. The van der Waals surface area contributed by atoms with Crippen molar-refractivity contribution in [3.05, 3.63) is 40.2 Å². The maximum atomic E-state index is 11.6. The molecule has 1 heterocycles. The van der Waals surface area contributed by atoms with E-state index in [4.69, 9.17) is 9.15 Å². The lowest BCUT2D eigenvalue weighted by molar-refractivity contribution is -0.131. The highest BCUT2D eigenvalue weighted by Crippen LogP contribution is 2.26. The maximum Gasteiger partial charge on any atom is 0.341 e. The first-order valence-electron chi connectivity index (χ1n) is 5.36. The Labute approximate surface area is 107 Å². The number of rotatable bonds is 2. The molecule has 0 unspecified atom stereocenters. The Hall–Kier alpha value is -2.63. The molecule has 0 radical (unpaired) electrons. The summed E-state index contributed by atoms with van der Waals surface area (Å²) in [6, 6.07) is 5.48. The molecule has 0 bridgehead atoms. The molecule has 0 amide bonds. The maximum absolute atomic E-state index is 11.6. The van der Waals surface area contributed by atoms with Crippen LogP contribution in [0, 0.1) is 0 Å². The van der Waals surface area contributed by atoms with E-state index >= 15 is 0 Å². The Morgan fingerprint density at radius 1 is 1.21 bits per heavy atom. The van der Waals surface area contributed by atoms with Gasteiger partial charge in [-0.3, -0.25) is 4.79 Å². The predicted octanol–water partition coefficient (Wildman–Crippen LogP) is 1.50. The van der Waals surface area contributed by atoms with Crippen molar-refractivity contribution in [2.75, 3.05) is 7.11 Å². The van der Waals surface area contributed by atoms with Crippen LogP contribution in [0.5, 0.6) is 5.75 Å². The van der Waals surface area contributed by atoms with Crippen molar-refractivity contribution in [1.29, 1.82) is 0 Å². The van der Waals surface area contributed by atoms with Crippen LogP contribution in [-0.4, -0.2) is 19.0 Å². The summed E-state index contributed by atoms with van der Waals surface area (Å²) < 4.78 is 14.5. The van der Waals surface area contributed by atoms with Crippen molar-refractivity contribution in [1.82, 2.24) is 0 Å². The molecule has 1 aromatic heterocycles.